The minimum absolute atomic E-state index is 0.161. The zero-order chi connectivity index (χ0) is 20.9. The summed E-state index contributed by atoms with van der Waals surface area (Å²) in [6.07, 6.45) is -0.161. The van der Waals surface area contributed by atoms with Crippen molar-refractivity contribution in [2.75, 3.05) is 26.4 Å². The summed E-state index contributed by atoms with van der Waals surface area (Å²) in [6, 6.07) is 14.8. The number of para-hydroxylation sites is 2. The molecule has 0 saturated heterocycles. The van der Waals surface area contributed by atoms with E-state index in [0.29, 0.717) is 56.0 Å². The average molecular weight is 398 g/mol. The number of nitrogens with zero attached hydrogens (tertiary/aromatic N) is 1. The molecule has 0 bridgehead atoms. The molecule has 0 radical (unpaired) electrons. The maximum atomic E-state index is 11.4. The predicted molar refractivity (Wildman–Crippen MR) is 108 cm³/mol. The van der Waals surface area contributed by atoms with Gasteiger partial charge in [0.1, 0.15) is 19.6 Å². The van der Waals surface area contributed by atoms with Gasteiger partial charge in [0.05, 0.1) is 19.3 Å². The van der Waals surface area contributed by atoms with Crippen molar-refractivity contribution in [3.05, 3.63) is 48.0 Å². The first kappa shape index (κ1) is 21.9. The molecule has 7 nitrogen and oxygen atoms in total. The fourth-order valence-corrected chi connectivity index (χ4v) is 2.53. The van der Waals surface area contributed by atoms with Gasteiger partial charge in [0, 0.05) is 6.54 Å². The Morgan fingerprint density at radius 2 is 1.48 bits per heavy atom. The number of rotatable bonds is 12. The third-order valence-corrected chi connectivity index (χ3v) is 3.78. The van der Waals surface area contributed by atoms with Crippen LogP contribution in [0.2, 0.25) is 0 Å². The van der Waals surface area contributed by atoms with E-state index in [1.165, 1.54) is 0 Å². The van der Waals surface area contributed by atoms with Crippen molar-refractivity contribution in [3.63, 3.8) is 0 Å². The van der Waals surface area contributed by atoms with Crippen molar-refractivity contribution in [3.8, 4) is 29.1 Å². The predicted octanol–water partition coefficient (Wildman–Crippen LogP) is 3.47. The highest BCUT2D eigenvalue weighted by atomic mass is 16.6. The van der Waals surface area contributed by atoms with Gasteiger partial charge in [0.2, 0.25) is 5.91 Å². The van der Waals surface area contributed by atoms with Gasteiger partial charge in [-0.1, -0.05) is 18.2 Å². The minimum atomic E-state index is -0.310. The number of nitrogens with one attached hydrogen (secondary N) is 1. The Balaban J connectivity index is 1.91. The van der Waals surface area contributed by atoms with Crippen LogP contribution in [0.5, 0.6) is 23.0 Å². The number of hydrogen-bond acceptors (Lipinski definition) is 6. The van der Waals surface area contributed by atoms with Crippen LogP contribution in [0.1, 0.15) is 25.8 Å². The normalized spacial score (nSPS) is 9.97. The monoisotopic (exact) mass is 398 g/mol. The van der Waals surface area contributed by atoms with Crippen molar-refractivity contribution in [2.45, 2.75) is 26.8 Å². The molecule has 0 heterocycles. The summed E-state index contributed by atoms with van der Waals surface area (Å²) in [4.78, 5) is 11.4. The lowest BCUT2D eigenvalue weighted by molar-refractivity contribution is -0.120. The number of benzene rings is 2. The SMILES string of the molecule is CCOc1ccccc1OCCOc1ccc(CNC(=O)CC#N)cc1OCC. The van der Waals surface area contributed by atoms with Gasteiger partial charge in [-0.3, -0.25) is 4.79 Å². The molecule has 29 heavy (non-hydrogen) atoms. The zero-order valence-electron chi connectivity index (χ0n) is 16.8. The van der Waals surface area contributed by atoms with Crippen LogP contribution in [0.15, 0.2) is 42.5 Å². The van der Waals surface area contributed by atoms with Gasteiger partial charge < -0.3 is 24.3 Å². The molecular formula is C22H26N2O5. The molecule has 0 fully saturated rings. The fourth-order valence-electron chi connectivity index (χ4n) is 2.53. The number of carbonyl (C=O) groups excluding carboxylic acids is 1. The van der Waals surface area contributed by atoms with Gasteiger partial charge in [0.25, 0.3) is 0 Å². The lowest BCUT2D eigenvalue weighted by Crippen LogP contribution is -2.21. The van der Waals surface area contributed by atoms with Crippen LogP contribution < -0.4 is 24.3 Å². The standard InChI is InChI=1S/C22H26N2O5/c1-3-26-18-7-5-6-8-19(18)28-13-14-29-20-10-9-17(15-21(20)27-4-2)16-24-22(25)11-12-23/h5-10,15H,3-4,11,13-14,16H2,1-2H3,(H,24,25). The van der Waals surface area contributed by atoms with E-state index in [0.717, 1.165) is 5.56 Å². The third-order valence-electron chi connectivity index (χ3n) is 3.78. The lowest BCUT2D eigenvalue weighted by atomic mass is 10.2. The molecule has 154 valence electrons. The first-order chi connectivity index (χ1) is 14.2. The topological polar surface area (TPSA) is 89.8 Å². The van der Waals surface area contributed by atoms with Gasteiger partial charge in [-0.25, -0.2) is 0 Å². The number of carbonyl (C=O) groups is 1. The van der Waals surface area contributed by atoms with Crippen molar-refractivity contribution in [1.29, 1.82) is 5.26 Å². The molecule has 0 aliphatic rings. The Bertz CT molecular complexity index is 832. The molecule has 0 saturated carbocycles. The molecule has 0 aromatic heterocycles. The van der Waals surface area contributed by atoms with E-state index in [-0.39, 0.29) is 12.3 Å². The van der Waals surface area contributed by atoms with Crippen molar-refractivity contribution < 1.29 is 23.7 Å². The number of nitriles is 1. The fraction of sp³-hybridized carbons (Fsp3) is 0.364. The molecular weight excluding hydrogens is 372 g/mol. The Hall–Kier alpha value is -3.40. The van der Waals surface area contributed by atoms with E-state index in [1.807, 2.05) is 56.3 Å². The van der Waals surface area contributed by atoms with E-state index >= 15 is 0 Å². The smallest absolute Gasteiger partial charge is 0.234 e. The number of hydrogen-bond donors (Lipinski definition) is 1. The largest absolute Gasteiger partial charge is 0.490 e. The molecule has 0 spiro atoms. The van der Waals surface area contributed by atoms with Gasteiger partial charge in [-0.15, -0.1) is 0 Å². The van der Waals surface area contributed by atoms with Crippen LogP contribution in [-0.4, -0.2) is 32.3 Å². The summed E-state index contributed by atoms with van der Waals surface area (Å²) in [6.45, 7) is 5.86. The van der Waals surface area contributed by atoms with Crippen LogP contribution in [0.25, 0.3) is 0 Å². The van der Waals surface area contributed by atoms with E-state index < -0.39 is 0 Å². The highest BCUT2D eigenvalue weighted by Crippen LogP contribution is 2.29. The highest BCUT2D eigenvalue weighted by molar-refractivity contribution is 5.77. The first-order valence-electron chi connectivity index (χ1n) is 9.54. The van der Waals surface area contributed by atoms with Crippen LogP contribution >= 0.6 is 0 Å². The second kappa shape index (κ2) is 12.1. The Morgan fingerprint density at radius 1 is 0.897 bits per heavy atom. The van der Waals surface area contributed by atoms with Crippen molar-refractivity contribution in [2.24, 2.45) is 0 Å². The van der Waals surface area contributed by atoms with Crippen molar-refractivity contribution >= 4 is 5.91 Å². The van der Waals surface area contributed by atoms with Gasteiger partial charge >= 0.3 is 0 Å². The van der Waals surface area contributed by atoms with E-state index in [1.54, 1.807) is 6.07 Å². The lowest BCUT2D eigenvalue weighted by Gasteiger charge is -2.15. The summed E-state index contributed by atoms with van der Waals surface area (Å²) < 4.78 is 22.8. The molecule has 0 unspecified atom stereocenters. The summed E-state index contributed by atoms with van der Waals surface area (Å²) >= 11 is 0. The van der Waals surface area contributed by atoms with Gasteiger partial charge in [-0.05, 0) is 43.7 Å². The van der Waals surface area contributed by atoms with Crippen LogP contribution in [0.3, 0.4) is 0 Å². The maximum Gasteiger partial charge on any atom is 0.234 e. The molecule has 1 N–H and O–H groups in total. The molecule has 2 rings (SSSR count). The summed E-state index contributed by atoms with van der Waals surface area (Å²) in [7, 11) is 0. The molecule has 2 aromatic carbocycles. The van der Waals surface area contributed by atoms with Crippen LogP contribution in [0, 0.1) is 11.3 Å². The van der Waals surface area contributed by atoms with Crippen LogP contribution in [0.4, 0.5) is 0 Å². The third kappa shape index (κ3) is 7.26. The quantitative estimate of drug-likeness (QED) is 0.551. The molecule has 0 atom stereocenters. The average Bonchev–Trinajstić information content (AvgIpc) is 2.72. The second-order valence-corrected chi connectivity index (χ2v) is 5.90. The highest BCUT2D eigenvalue weighted by Gasteiger charge is 2.09. The van der Waals surface area contributed by atoms with E-state index in [4.69, 9.17) is 24.2 Å². The number of amides is 1. The molecule has 0 aliphatic carbocycles. The number of ether oxygens (including phenoxy) is 4. The molecule has 7 heteroatoms. The molecule has 1 amide bonds. The second-order valence-electron chi connectivity index (χ2n) is 5.90. The zero-order valence-corrected chi connectivity index (χ0v) is 16.8. The summed E-state index contributed by atoms with van der Waals surface area (Å²) in [5.74, 6) is 2.25. The van der Waals surface area contributed by atoms with E-state index in [9.17, 15) is 4.79 Å². The Kier molecular flexibility index (Phi) is 9.16. The molecule has 2 aromatic rings. The maximum absolute atomic E-state index is 11.4. The van der Waals surface area contributed by atoms with Crippen molar-refractivity contribution in [1.82, 2.24) is 5.32 Å². The van der Waals surface area contributed by atoms with E-state index in [2.05, 4.69) is 5.32 Å². The minimum Gasteiger partial charge on any atom is -0.490 e. The van der Waals surface area contributed by atoms with Gasteiger partial charge in [0.15, 0.2) is 23.0 Å². The first-order valence-corrected chi connectivity index (χ1v) is 9.54. The van der Waals surface area contributed by atoms with Crippen LogP contribution in [-0.2, 0) is 11.3 Å². The van der Waals surface area contributed by atoms with Gasteiger partial charge in [-0.2, -0.15) is 5.26 Å². The summed E-state index contributed by atoms with van der Waals surface area (Å²) in [5.41, 5.74) is 0.856. The Labute approximate surface area is 171 Å². The Morgan fingerprint density at radius 3 is 2.10 bits per heavy atom. The summed E-state index contributed by atoms with van der Waals surface area (Å²) in [5, 5.41) is 11.2. The molecule has 0 aliphatic heterocycles.